The fourth-order valence-electron chi connectivity index (χ4n) is 5.38. The number of amides is 1. The molecular weight excluding hydrogens is 384 g/mol. The van der Waals surface area contributed by atoms with E-state index in [0.29, 0.717) is 25.1 Å². The maximum Gasteiger partial charge on any atom is 0.407 e. The van der Waals surface area contributed by atoms with Crippen LogP contribution in [0.3, 0.4) is 0 Å². The summed E-state index contributed by atoms with van der Waals surface area (Å²) in [6.07, 6.45) is 8.19. The Hall–Kier alpha value is -1.86. The van der Waals surface area contributed by atoms with Gasteiger partial charge in [0.2, 0.25) is 0 Å². The first-order valence-corrected chi connectivity index (χ1v) is 11.3. The first kappa shape index (κ1) is 21.4. The molecule has 1 spiro atoms. The summed E-state index contributed by atoms with van der Waals surface area (Å²) in [5.41, 5.74) is 0.731. The maximum atomic E-state index is 12.2. The van der Waals surface area contributed by atoms with Crippen LogP contribution in [0.25, 0.3) is 0 Å². The van der Waals surface area contributed by atoms with E-state index in [1.807, 2.05) is 0 Å². The Balaban J connectivity index is 1.32. The van der Waals surface area contributed by atoms with Gasteiger partial charge in [-0.25, -0.2) is 9.59 Å². The lowest BCUT2D eigenvalue weighted by molar-refractivity contribution is -0.148. The predicted molar refractivity (Wildman–Crippen MR) is 112 cm³/mol. The van der Waals surface area contributed by atoms with Gasteiger partial charge in [-0.15, -0.1) is 0 Å². The number of ether oxygens (including phenoxy) is 3. The second-order valence-corrected chi connectivity index (χ2v) is 9.44. The molecule has 4 aliphatic rings. The minimum absolute atomic E-state index is 0.0531. The highest BCUT2D eigenvalue weighted by molar-refractivity contribution is 5.91. The Bertz CT molecular complexity index is 729. The Morgan fingerprint density at radius 3 is 3.00 bits per heavy atom. The van der Waals surface area contributed by atoms with Crippen molar-refractivity contribution in [3.8, 4) is 0 Å². The molecule has 0 radical (unpaired) electrons. The third-order valence-electron chi connectivity index (χ3n) is 7.10. The van der Waals surface area contributed by atoms with Crippen molar-refractivity contribution in [2.24, 2.45) is 5.92 Å². The van der Waals surface area contributed by atoms with Crippen LogP contribution < -0.4 is 5.32 Å². The van der Waals surface area contributed by atoms with Crippen LogP contribution in [0.2, 0.25) is 0 Å². The van der Waals surface area contributed by atoms with E-state index in [1.165, 1.54) is 12.8 Å². The van der Waals surface area contributed by atoms with Crippen LogP contribution in [-0.4, -0.2) is 67.6 Å². The molecule has 0 aromatic heterocycles. The van der Waals surface area contributed by atoms with E-state index < -0.39 is 5.60 Å². The van der Waals surface area contributed by atoms with Gasteiger partial charge in [0.05, 0.1) is 12.2 Å². The van der Waals surface area contributed by atoms with E-state index >= 15 is 0 Å². The molecule has 3 aliphatic heterocycles. The predicted octanol–water partition coefficient (Wildman–Crippen LogP) is 2.96. The van der Waals surface area contributed by atoms with Crippen molar-refractivity contribution in [2.45, 2.75) is 63.1 Å². The van der Waals surface area contributed by atoms with Gasteiger partial charge in [0, 0.05) is 31.0 Å². The first-order valence-electron chi connectivity index (χ1n) is 11.3. The summed E-state index contributed by atoms with van der Waals surface area (Å²) in [4.78, 5) is 26.7. The number of hydrogen-bond donors (Lipinski definition) is 1. The molecule has 3 atom stereocenters. The lowest BCUT2D eigenvalue weighted by atomic mass is 9.75. The number of fused-ring (bicyclic) bond motifs is 1. The van der Waals surface area contributed by atoms with Crippen LogP contribution in [0.5, 0.6) is 0 Å². The molecule has 0 unspecified atom stereocenters. The lowest BCUT2D eigenvalue weighted by Crippen LogP contribution is -2.38. The van der Waals surface area contributed by atoms with E-state index in [4.69, 9.17) is 14.2 Å². The third kappa shape index (κ3) is 4.57. The number of nitrogens with zero attached hydrogens (tertiary/aromatic N) is 1. The van der Waals surface area contributed by atoms with E-state index in [0.717, 1.165) is 50.9 Å². The molecule has 1 amide bonds. The summed E-state index contributed by atoms with van der Waals surface area (Å²) < 4.78 is 17.4. The number of carbonyl (C=O) groups excluding carboxylic acids is 2. The molecule has 4 rings (SSSR count). The van der Waals surface area contributed by atoms with Gasteiger partial charge in [0.15, 0.2) is 0 Å². The average Bonchev–Trinajstić information content (AvgIpc) is 3.38. The molecule has 2 bridgehead atoms. The molecule has 3 heterocycles. The average molecular weight is 419 g/mol. The highest BCUT2D eigenvalue weighted by Crippen LogP contribution is 2.51. The van der Waals surface area contributed by atoms with E-state index in [2.05, 4.69) is 29.8 Å². The Morgan fingerprint density at radius 1 is 1.40 bits per heavy atom. The number of nitrogens with one attached hydrogen (secondary N) is 1. The molecule has 3 saturated heterocycles. The summed E-state index contributed by atoms with van der Waals surface area (Å²) in [5, 5.41) is 2.85. The molecule has 166 valence electrons. The molecule has 0 aromatic rings. The zero-order valence-electron chi connectivity index (χ0n) is 18.0. The number of alkyl carbamates (subject to hydrolysis) is 1. The van der Waals surface area contributed by atoms with Crippen molar-refractivity contribution in [2.75, 3.05) is 39.4 Å². The monoisotopic (exact) mass is 418 g/mol. The molecule has 7 heteroatoms. The largest absolute Gasteiger partial charge is 0.452 e. The van der Waals surface area contributed by atoms with Gasteiger partial charge in [-0.2, -0.15) is 0 Å². The maximum absolute atomic E-state index is 12.2. The van der Waals surface area contributed by atoms with Crippen LogP contribution in [-0.2, 0) is 19.0 Å². The smallest absolute Gasteiger partial charge is 0.407 e. The van der Waals surface area contributed by atoms with Gasteiger partial charge >= 0.3 is 12.1 Å². The molecule has 1 N–H and O–H groups in total. The number of hydrogen-bond acceptors (Lipinski definition) is 6. The topological polar surface area (TPSA) is 77.1 Å². The van der Waals surface area contributed by atoms with E-state index in [1.54, 1.807) is 0 Å². The standard InChI is InChI=1S/C23H34N2O5/c1-17-19-8-7-18(14-28-21(27)24-10-13-25-11-3-4-12-25)6-5-9-22(2)15-23(19,16-29-22)30-20(17)26/h6,19H,1,3-5,7-16H2,2H3,(H,24,27)/b18-6+/t19-,22+,23-/m0/s1. The minimum atomic E-state index is -0.584. The summed E-state index contributed by atoms with van der Waals surface area (Å²) >= 11 is 0. The van der Waals surface area contributed by atoms with Gasteiger partial charge in [-0.1, -0.05) is 12.7 Å². The van der Waals surface area contributed by atoms with Gasteiger partial charge < -0.3 is 24.4 Å². The molecule has 3 fully saturated rings. The van der Waals surface area contributed by atoms with Crippen molar-refractivity contribution in [1.82, 2.24) is 10.2 Å². The van der Waals surface area contributed by atoms with Crippen LogP contribution >= 0.6 is 0 Å². The quantitative estimate of drug-likeness (QED) is 0.420. The Kier molecular flexibility index (Phi) is 6.21. The first-order chi connectivity index (χ1) is 14.4. The van der Waals surface area contributed by atoms with Gasteiger partial charge in [0.25, 0.3) is 0 Å². The normalized spacial score (nSPS) is 36.0. The number of rotatable bonds is 5. The zero-order valence-corrected chi connectivity index (χ0v) is 18.0. The minimum Gasteiger partial charge on any atom is -0.452 e. The second-order valence-electron chi connectivity index (χ2n) is 9.44. The Morgan fingerprint density at radius 2 is 2.20 bits per heavy atom. The van der Waals surface area contributed by atoms with Crippen LogP contribution in [0.15, 0.2) is 23.8 Å². The van der Waals surface area contributed by atoms with Crippen LogP contribution in [0.4, 0.5) is 4.79 Å². The van der Waals surface area contributed by atoms with E-state index in [-0.39, 0.29) is 30.2 Å². The van der Waals surface area contributed by atoms with Gasteiger partial charge in [-0.3, -0.25) is 0 Å². The Labute approximate surface area is 178 Å². The lowest BCUT2D eigenvalue weighted by Gasteiger charge is -2.30. The number of esters is 1. The highest BCUT2D eigenvalue weighted by Gasteiger charge is 2.59. The molecular formula is C23H34N2O5. The van der Waals surface area contributed by atoms with Gasteiger partial charge in [0.1, 0.15) is 12.2 Å². The SMILES string of the molecule is C=C1C(=O)O[C@@]23CO[C@](C)(CC/C=C(/COC(=O)NCCN4CCCC4)CC[C@@H]12)C3. The van der Waals surface area contributed by atoms with Crippen LogP contribution in [0.1, 0.15) is 51.9 Å². The van der Waals surface area contributed by atoms with Crippen molar-refractivity contribution < 1.29 is 23.8 Å². The van der Waals surface area contributed by atoms with Crippen molar-refractivity contribution in [3.63, 3.8) is 0 Å². The van der Waals surface area contributed by atoms with E-state index in [9.17, 15) is 9.59 Å². The molecule has 0 aromatic carbocycles. The summed E-state index contributed by atoms with van der Waals surface area (Å²) in [6, 6.07) is 0. The van der Waals surface area contributed by atoms with Crippen molar-refractivity contribution in [3.05, 3.63) is 23.8 Å². The summed E-state index contributed by atoms with van der Waals surface area (Å²) in [7, 11) is 0. The fourth-order valence-corrected chi connectivity index (χ4v) is 5.38. The number of allylic oxidation sites excluding steroid dienone is 1. The van der Waals surface area contributed by atoms with Crippen LogP contribution in [0, 0.1) is 5.92 Å². The number of carbonyl (C=O) groups is 2. The second kappa shape index (κ2) is 8.71. The summed E-state index contributed by atoms with van der Waals surface area (Å²) in [6.45, 7) is 10.5. The fraction of sp³-hybridized carbons (Fsp3) is 0.739. The zero-order chi connectivity index (χ0) is 21.2. The van der Waals surface area contributed by atoms with Crippen molar-refractivity contribution >= 4 is 12.1 Å². The van der Waals surface area contributed by atoms with Gasteiger partial charge in [-0.05, 0) is 64.1 Å². The molecule has 7 nitrogen and oxygen atoms in total. The third-order valence-corrected chi connectivity index (χ3v) is 7.10. The highest BCUT2D eigenvalue weighted by atomic mass is 16.6. The van der Waals surface area contributed by atoms with Crippen molar-refractivity contribution in [1.29, 1.82) is 0 Å². The summed E-state index contributed by atoms with van der Waals surface area (Å²) in [5.74, 6) is -0.353. The molecule has 30 heavy (non-hydrogen) atoms. The number of likely N-dealkylation sites (tertiary alicyclic amines) is 1. The molecule has 1 aliphatic carbocycles. The molecule has 0 saturated carbocycles.